The molecule has 1 N–H and O–H groups in total. The maximum absolute atomic E-state index is 14.8. The van der Waals surface area contributed by atoms with Crippen LogP contribution < -0.4 is 10.2 Å². The van der Waals surface area contributed by atoms with E-state index in [9.17, 15) is 18.4 Å². The quantitative estimate of drug-likeness (QED) is 0.534. The summed E-state index contributed by atoms with van der Waals surface area (Å²) >= 11 is 8.98. The second-order valence-corrected chi connectivity index (χ2v) is 8.44. The topological polar surface area (TPSA) is 49.4 Å². The summed E-state index contributed by atoms with van der Waals surface area (Å²) in [6.07, 6.45) is 4.70. The maximum atomic E-state index is 14.8. The third-order valence-electron chi connectivity index (χ3n) is 5.21. The van der Waals surface area contributed by atoms with E-state index in [-0.39, 0.29) is 17.3 Å². The second kappa shape index (κ2) is 10.4. The van der Waals surface area contributed by atoms with Crippen molar-refractivity contribution in [2.45, 2.75) is 44.2 Å². The van der Waals surface area contributed by atoms with Crippen molar-refractivity contribution in [1.82, 2.24) is 5.32 Å². The van der Waals surface area contributed by atoms with Crippen LogP contribution in [-0.2, 0) is 9.59 Å². The summed E-state index contributed by atoms with van der Waals surface area (Å²) in [6.45, 7) is 0. The van der Waals surface area contributed by atoms with E-state index in [1.165, 1.54) is 30.3 Å². The molecule has 30 heavy (non-hydrogen) atoms. The predicted octanol–water partition coefficient (Wildman–Crippen LogP) is 5.49. The maximum Gasteiger partial charge on any atom is 0.248 e. The van der Waals surface area contributed by atoms with E-state index in [0.29, 0.717) is 4.47 Å². The second-order valence-electron chi connectivity index (χ2n) is 7.26. The fourth-order valence-electron chi connectivity index (χ4n) is 3.78. The summed E-state index contributed by atoms with van der Waals surface area (Å²) < 4.78 is 30.0. The van der Waals surface area contributed by atoms with Gasteiger partial charge in [-0.2, -0.15) is 0 Å². The van der Waals surface area contributed by atoms with E-state index in [2.05, 4.69) is 21.2 Å². The average molecular weight is 500 g/mol. The van der Waals surface area contributed by atoms with Crippen LogP contribution in [-0.4, -0.2) is 23.7 Å². The Morgan fingerprint density at radius 2 is 1.80 bits per heavy atom. The van der Waals surface area contributed by atoms with Crippen LogP contribution in [0.25, 0.3) is 0 Å². The highest BCUT2D eigenvalue weighted by atomic mass is 79.9. The fourth-order valence-corrected chi connectivity index (χ4v) is 4.24. The van der Waals surface area contributed by atoms with Crippen molar-refractivity contribution in [3.05, 3.63) is 64.1 Å². The summed E-state index contributed by atoms with van der Waals surface area (Å²) in [7, 11) is 0. The molecule has 160 valence electrons. The third-order valence-corrected chi connectivity index (χ3v) is 5.93. The van der Waals surface area contributed by atoms with Crippen molar-refractivity contribution in [3.63, 3.8) is 0 Å². The first-order chi connectivity index (χ1) is 14.4. The molecule has 3 rings (SSSR count). The minimum absolute atomic E-state index is 0.0217. The molecule has 0 heterocycles. The first-order valence-corrected chi connectivity index (χ1v) is 11.1. The Morgan fingerprint density at radius 3 is 2.43 bits per heavy atom. The minimum atomic E-state index is -1.39. The van der Waals surface area contributed by atoms with Gasteiger partial charge in [0, 0.05) is 16.1 Å². The molecule has 4 nitrogen and oxygen atoms in total. The predicted molar refractivity (Wildman–Crippen MR) is 116 cm³/mol. The van der Waals surface area contributed by atoms with Gasteiger partial charge >= 0.3 is 0 Å². The Labute approximate surface area is 187 Å². The van der Waals surface area contributed by atoms with Crippen LogP contribution in [0.4, 0.5) is 14.5 Å². The van der Waals surface area contributed by atoms with Crippen LogP contribution in [0.15, 0.2) is 46.9 Å². The van der Waals surface area contributed by atoms with Gasteiger partial charge in [0.2, 0.25) is 11.8 Å². The Kier molecular flexibility index (Phi) is 7.83. The Bertz CT molecular complexity index is 922. The van der Waals surface area contributed by atoms with E-state index in [0.717, 1.165) is 37.0 Å². The van der Waals surface area contributed by atoms with Crippen LogP contribution in [0.5, 0.6) is 0 Å². The number of alkyl halides is 1. The van der Waals surface area contributed by atoms with E-state index in [1.807, 2.05) is 0 Å². The summed E-state index contributed by atoms with van der Waals surface area (Å²) in [5.74, 6) is -3.14. The van der Waals surface area contributed by atoms with Gasteiger partial charge in [-0.15, -0.1) is 11.6 Å². The van der Waals surface area contributed by atoms with Gasteiger partial charge in [0.05, 0.1) is 5.69 Å². The summed E-state index contributed by atoms with van der Waals surface area (Å²) in [5, 5.41) is 2.93. The van der Waals surface area contributed by atoms with Crippen molar-refractivity contribution in [2.24, 2.45) is 0 Å². The standard InChI is InChI=1S/C22H22BrClF2N2O2/c23-14-10-11-19(18(26)12-14)28(20(29)13-24)21(16-8-4-5-9-17(16)25)22(30)27-15-6-2-1-3-7-15/h4-5,8-12,15,21H,1-3,6-7,13H2,(H,27,30). The number of halogens is 4. The largest absolute Gasteiger partial charge is 0.351 e. The van der Waals surface area contributed by atoms with Crippen molar-refractivity contribution in [1.29, 1.82) is 0 Å². The molecule has 0 spiro atoms. The van der Waals surface area contributed by atoms with Crippen LogP contribution >= 0.6 is 27.5 Å². The number of hydrogen-bond acceptors (Lipinski definition) is 2. The minimum Gasteiger partial charge on any atom is -0.351 e. The third kappa shape index (κ3) is 5.19. The lowest BCUT2D eigenvalue weighted by molar-refractivity contribution is -0.126. The van der Waals surface area contributed by atoms with Gasteiger partial charge in [-0.1, -0.05) is 53.4 Å². The molecule has 2 aromatic rings. The molecular formula is C22H22BrClF2N2O2. The molecule has 1 atom stereocenters. The highest BCUT2D eigenvalue weighted by Gasteiger charge is 2.36. The zero-order valence-electron chi connectivity index (χ0n) is 16.2. The van der Waals surface area contributed by atoms with Crippen molar-refractivity contribution < 1.29 is 18.4 Å². The molecule has 8 heteroatoms. The lowest BCUT2D eigenvalue weighted by Gasteiger charge is -2.33. The summed E-state index contributed by atoms with van der Waals surface area (Å²) in [4.78, 5) is 27.1. The van der Waals surface area contributed by atoms with E-state index < -0.39 is 35.4 Å². The van der Waals surface area contributed by atoms with Gasteiger partial charge in [-0.3, -0.25) is 14.5 Å². The molecule has 2 amide bonds. The van der Waals surface area contributed by atoms with Gasteiger partial charge < -0.3 is 5.32 Å². The summed E-state index contributed by atoms with van der Waals surface area (Å²) in [5.41, 5.74) is -0.164. The molecule has 1 aliphatic carbocycles. The molecule has 0 aromatic heterocycles. The molecule has 0 aliphatic heterocycles. The lowest BCUT2D eigenvalue weighted by Crippen LogP contribution is -2.48. The molecule has 1 aliphatic rings. The van der Waals surface area contributed by atoms with Gasteiger partial charge in [0.15, 0.2) is 0 Å². The lowest BCUT2D eigenvalue weighted by atomic mass is 9.94. The Balaban J connectivity index is 2.08. The fraction of sp³-hybridized carbons (Fsp3) is 0.364. The van der Waals surface area contributed by atoms with Gasteiger partial charge in [0.25, 0.3) is 0 Å². The Hall–Kier alpha value is -1.99. The number of anilines is 1. The molecule has 0 saturated heterocycles. The van der Waals surface area contributed by atoms with Crippen LogP contribution in [0.3, 0.4) is 0 Å². The number of carbonyl (C=O) groups is 2. The van der Waals surface area contributed by atoms with Crippen LogP contribution in [0.2, 0.25) is 0 Å². The monoisotopic (exact) mass is 498 g/mol. The number of carbonyl (C=O) groups excluding carboxylic acids is 2. The first-order valence-electron chi connectivity index (χ1n) is 9.80. The highest BCUT2D eigenvalue weighted by molar-refractivity contribution is 9.10. The van der Waals surface area contributed by atoms with E-state index in [4.69, 9.17) is 11.6 Å². The molecule has 2 aromatic carbocycles. The number of rotatable bonds is 6. The normalized spacial score (nSPS) is 15.5. The number of nitrogens with one attached hydrogen (secondary N) is 1. The number of hydrogen-bond donors (Lipinski definition) is 1. The van der Waals surface area contributed by atoms with Gasteiger partial charge in [-0.25, -0.2) is 8.78 Å². The van der Waals surface area contributed by atoms with Crippen LogP contribution in [0, 0.1) is 11.6 Å². The molecule has 1 fully saturated rings. The molecule has 0 radical (unpaired) electrons. The van der Waals surface area contributed by atoms with E-state index >= 15 is 0 Å². The van der Waals surface area contributed by atoms with Crippen molar-refractivity contribution in [3.8, 4) is 0 Å². The van der Waals surface area contributed by atoms with Gasteiger partial charge in [-0.05, 0) is 37.1 Å². The van der Waals surface area contributed by atoms with Crippen molar-refractivity contribution >= 4 is 45.0 Å². The summed E-state index contributed by atoms with van der Waals surface area (Å²) in [6, 6.07) is 8.32. The number of benzene rings is 2. The Morgan fingerprint density at radius 1 is 1.10 bits per heavy atom. The first kappa shape index (κ1) is 22.7. The molecule has 1 unspecified atom stereocenters. The van der Waals surface area contributed by atoms with E-state index in [1.54, 1.807) is 12.1 Å². The highest BCUT2D eigenvalue weighted by Crippen LogP contribution is 2.33. The SMILES string of the molecule is O=C(NC1CCCCC1)C(c1ccccc1F)N(C(=O)CCl)c1ccc(Br)cc1F. The molecular weight excluding hydrogens is 478 g/mol. The molecule has 0 bridgehead atoms. The average Bonchev–Trinajstić information content (AvgIpc) is 2.73. The zero-order chi connectivity index (χ0) is 21.7. The van der Waals surface area contributed by atoms with Gasteiger partial charge in [0.1, 0.15) is 23.6 Å². The van der Waals surface area contributed by atoms with Crippen LogP contribution in [0.1, 0.15) is 43.7 Å². The molecule has 1 saturated carbocycles. The van der Waals surface area contributed by atoms with Crippen molar-refractivity contribution in [2.75, 3.05) is 10.8 Å². The smallest absolute Gasteiger partial charge is 0.248 e. The number of amides is 2. The zero-order valence-corrected chi connectivity index (χ0v) is 18.6. The number of nitrogens with zero attached hydrogens (tertiary/aromatic N) is 1.